The Morgan fingerprint density at radius 2 is 1.65 bits per heavy atom. The van der Waals surface area contributed by atoms with Crippen molar-refractivity contribution in [3.05, 3.63) is 48.0 Å². The first-order valence-corrected chi connectivity index (χ1v) is 8.73. The largest absolute Gasteiger partial charge is 0.493 e. The number of anilines is 2. The summed E-state index contributed by atoms with van der Waals surface area (Å²) in [5.41, 5.74) is 4.55. The number of hydrogen-bond donors (Lipinski definition) is 3. The van der Waals surface area contributed by atoms with Gasteiger partial charge in [-0.15, -0.1) is 0 Å². The second-order valence-electron chi connectivity index (χ2n) is 6.72. The Labute approximate surface area is 152 Å². The normalized spacial score (nSPS) is 11.4. The number of H-pyrrole nitrogens is 2. The highest BCUT2D eigenvalue weighted by molar-refractivity contribution is 6.05. The maximum Gasteiger partial charge on any atom is 0.161 e. The fraction of sp³-hybridized carbons (Fsp3) is 0.238. The molecule has 2 aliphatic rings. The average molecular weight is 349 g/mol. The molecule has 0 saturated carbocycles. The molecule has 0 aromatic heterocycles. The van der Waals surface area contributed by atoms with E-state index in [1.165, 1.54) is 5.56 Å². The molecule has 0 radical (unpaired) electrons. The van der Waals surface area contributed by atoms with Crippen molar-refractivity contribution in [2.75, 3.05) is 19.5 Å². The van der Waals surface area contributed by atoms with E-state index >= 15 is 0 Å². The molecule has 5 heteroatoms. The number of fused-ring (bicyclic) bond motifs is 3. The lowest BCUT2D eigenvalue weighted by molar-refractivity contribution is 0.356. The highest BCUT2D eigenvalue weighted by Crippen LogP contribution is 2.43. The van der Waals surface area contributed by atoms with Gasteiger partial charge in [0.2, 0.25) is 0 Å². The third-order valence-electron chi connectivity index (χ3n) is 4.82. The molecule has 0 spiro atoms. The van der Waals surface area contributed by atoms with Crippen LogP contribution in [0.2, 0.25) is 0 Å². The first-order chi connectivity index (χ1) is 12.6. The van der Waals surface area contributed by atoms with Crippen LogP contribution in [0.3, 0.4) is 0 Å². The van der Waals surface area contributed by atoms with Crippen molar-refractivity contribution in [2.45, 2.75) is 19.8 Å². The van der Waals surface area contributed by atoms with Gasteiger partial charge < -0.3 is 14.8 Å². The number of methoxy groups -OCH3 is 2. The Kier molecular flexibility index (Phi) is 3.99. The third kappa shape index (κ3) is 2.56. The van der Waals surface area contributed by atoms with E-state index in [1.807, 2.05) is 12.1 Å². The summed E-state index contributed by atoms with van der Waals surface area (Å²) in [6.45, 7) is 4.40. The Hall–Kier alpha value is -3.08. The van der Waals surface area contributed by atoms with Gasteiger partial charge in [-0.1, -0.05) is 32.0 Å². The van der Waals surface area contributed by atoms with Crippen LogP contribution in [0.5, 0.6) is 11.5 Å². The van der Waals surface area contributed by atoms with Gasteiger partial charge in [0, 0.05) is 16.6 Å². The maximum absolute atomic E-state index is 5.44. The molecule has 0 fully saturated rings. The minimum absolute atomic E-state index is 0.445. The van der Waals surface area contributed by atoms with E-state index in [4.69, 9.17) is 9.47 Å². The summed E-state index contributed by atoms with van der Waals surface area (Å²) in [7, 11) is 3.31. The number of rotatable bonds is 5. The lowest BCUT2D eigenvalue weighted by atomic mass is 10.0. The van der Waals surface area contributed by atoms with Crippen molar-refractivity contribution < 1.29 is 9.47 Å². The summed E-state index contributed by atoms with van der Waals surface area (Å²) in [5.74, 6) is 2.85. The molecule has 1 aliphatic heterocycles. The Morgan fingerprint density at radius 3 is 2.38 bits per heavy atom. The van der Waals surface area contributed by atoms with Gasteiger partial charge in [-0.05, 0) is 41.1 Å². The van der Waals surface area contributed by atoms with Gasteiger partial charge in [0.05, 0.1) is 19.9 Å². The summed E-state index contributed by atoms with van der Waals surface area (Å²) < 4.78 is 10.9. The summed E-state index contributed by atoms with van der Waals surface area (Å²) >= 11 is 0. The van der Waals surface area contributed by atoms with Crippen LogP contribution in [0, 0.1) is 0 Å². The molecule has 0 unspecified atom stereocenters. The summed E-state index contributed by atoms with van der Waals surface area (Å²) in [6.07, 6.45) is 0. The van der Waals surface area contributed by atoms with E-state index in [9.17, 15) is 0 Å². The van der Waals surface area contributed by atoms with Crippen molar-refractivity contribution in [3.63, 3.8) is 0 Å². The first-order valence-electron chi connectivity index (χ1n) is 8.73. The number of benzene rings is 2. The third-order valence-corrected chi connectivity index (χ3v) is 4.82. The van der Waals surface area contributed by atoms with E-state index in [-0.39, 0.29) is 0 Å². The smallest absolute Gasteiger partial charge is 0.161 e. The van der Waals surface area contributed by atoms with Gasteiger partial charge in [-0.3, -0.25) is 10.2 Å². The maximum atomic E-state index is 5.44. The Bertz CT molecular complexity index is 1030. The van der Waals surface area contributed by atoms with Gasteiger partial charge >= 0.3 is 0 Å². The molecule has 4 rings (SSSR count). The number of hydrogen-bond acceptors (Lipinski definition) is 3. The van der Waals surface area contributed by atoms with E-state index in [2.05, 4.69) is 59.7 Å². The monoisotopic (exact) mass is 349 g/mol. The van der Waals surface area contributed by atoms with Crippen LogP contribution in [0.1, 0.15) is 25.3 Å². The number of para-hydroxylation sites is 1. The van der Waals surface area contributed by atoms with Gasteiger partial charge in [0.15, 0.2) is 11.5 Å². The van der Waals surface area contributed by atoms with Gasteiger partial charge in [0.1, 0.15) is 5.82 Å². The molecule has 0 bridgehead atoms. The fourth-order valence-electron chi connectivity index (χ4n) is 3.48. The zero-order valence-electron chi connectivity index (χ0n) is 15.4. The van der Waals surface area contributed by atoms with Crippen molar-refractivity contribution in [2.24, 2.45) is 0 Å². The summed E-state index contributed by atoms with van der Waals surface area (Å²) in [5, 5.41) is 12.3. The predicted octanol–water partition coefficient (Wildman–Crippen LogP) is 5.49. The number of aromatic amines is 2. The molecule has 3 N–H and O–H groups in total. The fourth-order valence-corrected chi connectivity index (χ4v) is 3.48. The lowest BCUT2D eigenvalue weighted by Crippen LogP contribution is -1.98. The minimum atomic E-state index is 0.445. The molecule has 5 nitrogen and oxygen atoms in total. The molecule has 1 aliphatic carbocycles. The zero-order valence-corrected chi connectivity index (χ0v) is 15.4. The lowest BCUT2D eigenvalue weighted by Gasteiger charge is -2.13. The molecule has 26 heavy (non-hydrogen) atoms. The summed E-state index contributed by atoms with van der Waals surface area (Å²) in [4.78, 5) is 0. The molecule has 2 aromatic carbocycles. The van der Waals surface area contributed by atoms with Crippen LogP contribution in [0.4, 0.5) is 11.5 Å². The standard InChI is InChI=1S/C21H23N3O2/c1-12(2)14-7-5-6-8-17(14)22-21-16-9-13-10-18(25-3)19(26-4)11-15(13)20(16)23-24-21/h5-12,22-24H,1-4H3. The topological polar surface area (TPSA) is 62.1 Å². The molecule has 2 aromatic rings. The molecule has 0 atom stereocenters. The average Bonchev–Trinajstić information content (AvgIpc) is 3.20. The van der Waals surface area contributed by atoms with Crippen LogP contribution in [0.15, 0.2) is 42.5 Å². The van der Waals surface area contributed by atoms with Crippen LogP contribution in [-0.4, -0.2) is 24.4 Å². The van der Waals surface area contributed by atoms with E-state index in [0.717, 1.165) is 45.0 Å². The van der Waals surface area contributed by atoms with Crippen LogP contribution in [-0.2, 0) is 0 Å². The minimum Gasteiger partial charge on any atom is -0.493 e. The second-order valence-corrected chi connectivity index (χ2v) is 6.72. The molecular weight excluding hydrogens is 326 g/mol. The van der Waals surface area contributed by atoms with Crippen molar-refractivity contribution in [1.82, 2.24) is 10.2 Å². The van der Waals surface area contributed by atoms with Crippen LogP contribution < -0.4 is 14.8 Å². The number of ether oxygens (including phenoxy) is 2. The van der Waals surface area contributed by atoms with E-state index in [1.54, 1.807) is 14.2 Å². The highest BCUT2D eigenvalue weighted by atomic mass is 16.5. The second kappa shape index (κ2) is 6.33. The molecule has 0 saturated heterocycles. The SMILES string of the molecule is COc1cc2cc3c(Nc4ccccc4C(C)C)[nH][nH]c-3c2cc1OC. The number of nitrogens with one attached hydrogen (secondary N) is 3. The highest BCUT2D eigenvalue weighted by Gasteiger charge is 2.20. The molecule has 1 heterocycles. The van der Waals surface area contributed by atoms with Crippen molar-refractivity contribution in [1.29, 1.82) is 0 Å². The quantitative estimate of drug-likeness (QED) is 0.447. The van der Waals surface area contributed by atoms with E-state index < -0.39 is 0 Å². The van der Waals surface area contributed by atoms with Crippen LogP contribution >= 0.6 is 0 Å². The van der Waals surface area contributed by atoms with Gasteiger partial charge in [-0.25, -0.2) is 0 Å². The van der Waals surface area contributed by atoms with Crippen LogP contribution in [0.25, 0.3) is 22.0 Å². The Morgan fingerprint density at radius 1 is 0.923 bits per heavy atom. The predicted molar refractivity (Wildman–Crippen MR) is 106 cm³/mol. The number of aromatic nitrogens is 2. The Balaban J connectivity index is 1.79. The van der Waals surface area contributed by atoms with E-state index in [0.29, 0.717) is 5.92 Å². The molecule has 134 valence electrons. The molecular formula is C21H23N3O2. The van der Waals surface area contributed by atoms with Gasteiger partial charge in [0.25, 0.3) is 0 Å². The van der Waals surface area contributed by atoms with Gasteiger partial charge in [-0.2, -0.15) is 0 Å². The summed E-state index contributed by atoms with van der Waals surface area (Å²) in [6, 6.07) is 14.6. The molecule has 0 amide bonds. The first kappa shape index (κ1) is 16.4. The van der Waals surface area contributed by atoms with Crippen molar-refractivity contribution >= 4 is 22.3 Å². The van der Waals surface area contributed by atoms with Crippen molar-refractivity contribution in [3.8, 4) is 22.8 Å². The zero-order chi connectivity index (χ0) is 18.3.